The number of aromatic hydroxyl groups is 1. The predicted molar refractivity (Wildman–Crippen MR) is 99.7 cm³/mol. The molecule has 28 heavy (non-hydrogen) atoms. The van der Waals surface area contributed by atoms with Gasteiger partial charge in [0.15, 0.2) is 5.82 Å². The first-order valence-electron chi connectivity index (χ1n) is 8.37. The van der Waals surface area contributed by atoms with Crippen molar-refractivity contribution in [1.82, 2.24) is 10.2 Å². The summed E-state index contributed by atoms with van der Waals surface area (Å²) >= 11 is 0. The van der Waals surface area contributed by atoms with Crippen molar-refractivity contribution in [1.29, 1.82) is 5.26 Å². The number of hydrogen-bond donors (Lipinski definition) is 2. The summed E-state index contributed by atoms with van der Waals surface area (Å²) in [5, 5.41) is 24.8. The first kappa shape index (κ1) is 20.4. The highest BCUT2D eigenvalue weighted by Gasteiger charge is 2.24. The number of rotatable bonds is 7. The van der Waals surface area contributed by atoms with Gasteiger partial charge in [-0.05, 0) is 31.5 Å². The number of aromatic amines is 1. The van der Waals surface area contributed by atoms with Crippen LogP contribution in [-0.4, -0.2) is 46.7 Å². The maximum atomic E-state index is 12.6. The van der Waals surface area contributed by atoms with Gasteiger partial charge in [-0.15, -0.1) is 0 Å². The molecule has 2 N–H and O–H groups in total. The van der Waals surface area contributed by atoms with Crippen LogP contribution in [0.3, 0.4) is 0 Å². The second-order valence-corrected chi connectivity index (χ2v) is 5.28. The van der Waals surface area contributed by atoms with Crippen LogP contribution in [0.4, 0.5) is 5.82 Å². The minimum Gasteiger partial charge on any atom is -0.508 e. The van der Waals surface area contributed by atoms with Gasteiger partial charge in [0.1, 0.15) is 17.4 Å². The van der Waals surface area contributed by atoms with Gasteiger partial charge in [0.05, 0.1) is 30.6 Å². The molecule has 0 aliphatic heterocycles. The number of nitrogens with one attached hydrogen (secondary N) is 1. The molecule has 0 saturated heterocycles. The summed E-state index contributed by atoms with van der Waals surface area (Å²) in [6.45, 7) is 3.43. The van der Waals surface area contributed by atoms with Gasteiger partial charge < -0.3 is 14.6 Å². The topological polar surface area (TPSA) is 138 Å². The van der Waals surface area contributed by atoms with E-state index < -0.39 is 11.9 Å². The van der Waals surface area contributed by atoms with Crippen molar-refractivity contribution in [2.24, 2.45) is 4.99 Å². The van der Waals surface area contributed by atoms with Gasteiger partial charge in [0, 0.05) is 6.21 Å². The highest BCUT2D eigenvalue weighted by molar-refractivity contribution is 6.30. The first-order valence-corrected chi connectivity index (χ1v) is 8.37. The van der Waals surface area contributed by atoms with Crippen molar-refractivity contribution < 1.29 is 24.2 Å². The molecule has 2 rings (SSSR count). The van der Waals surface area contributed by atoms with E-state index in [0.717, 1.165) is 6.21 Å². The molecule has 9 heteroatoms. The van der Waals surface area contributed by atoms with Crippen molar-refractivity contribution in [2.75, 3.05) is 13.2 Å². The summed E-state index contributed by atoms with van der Waals surface area (Å²) < 4.78 is 10.1. The van der Waals surface area contributed by atoms with Crippen LogP contribution in [0.25, 0.3) is 5.57 Å². The molecule has 1 aromatic heterocycles. The standard InChI is InChI=1S/C19H18N4O5/c1-3-27-18(25)15(11-21-17-13(9-20)10-22-23-17)16(19(26)28-4-2)12-5-7-14(24)8-6-12/h5-8,10-11,24H,3-4H2,1-2H3,(H,22,23)/b16-15+,21-11+. The van der Waals surface area contributed by atoms with E-state index in [1.807, 2.05) is 6.07 Å². The van der Waals surface area contributed by atoms with Gasteiger partial charge in [0.2, 0.25) is 0 Å². The third-order valence-electron chi connectivity index (χ3n) is 3.46. The maximum absolute atomic E-state index is 12.6. The quantitative estimate of drug-likeness (QED) is 0.425. The Morgan fingerprint density at radius 3 is 2.46 bits per heavy atom. The average Bonchev–Trinajstić information content (AvgIpc) is 3.14. The lowest BCUT2D eigenvalue weighted by atomic mass is 10.00. The number of aromatic nitrogens is 2. The molecule has 144 valence electrons. The van der Waals surface area contributed by atoms with Crippen LogP contribution < -0.4 is 0 Å². The highest BCUT2D eigenvalue weighted by atomic mass is 16.5. The zero-order valence-electron chi connectivity index (χ0n) is 15.3. The van der Waals surface area contributed by atoms with Crippen molar-refractivity contribution in [3.8, 4) is 11.8 Å². The fraction of sp³-hybridized carbons (Fsp3) is 0.211. The van der Waals surface area contributed by atoms with E-state index in [2.05, 4.69) is 15.2 Å². The normalized spacial score (nSPS) is 11.6. The third-order valence-corrected chi connectivity index (χ3v) is 3.46. The summed E-state index contributed by atoms with van der Waals surface area (Å²) in [5.74, 6) is -1.43. The number of hydrogen-bond acceptors (Lipinski definition) is 8. The number of carbonyl (C=O) groups excluding carboxylic acids is 2. The van der Waals surface area contributed by atoms with E-state index in [1.165, 1.54) is 30.5 Å². The Morgan fingerprint density at radius 1 is 1.21 bits per heavy atom. The van der Waals surface area contributed by atoms with E-state index in [-0.39, 0.29) is 41.5 Å². The number of ether oxygens (including phenoxy) is 2. The maximum Gasteiger partial charge on any atom is 0.340 e. The molecule has 1 heterocycles. The second kappa shape index (κ2) is 9.68. The average molecular weight is 382 g/mol. The lowest BCUT2D eigenvalue weighted by Gasteiger charge is -2.11. The number of carbonyl (C=O) groups is 2. The molecular weight excluding hydrogens is 364 g/mol. The number of esters is 2. The van der Waals surface area contributed by atoms with Crippen LogP contribution in [0, 0.1) is 11.3 Å². The highest BCUT2D eigenvalue weighted by Crippen LogP contribution is 2.24. The predicted octanol–water partition coefficient (Wildman–Crippen LogP) is 2.27. The zero-order valence-corrected chi connectivity index (χ0v) is 15.3. The largest absolute Gasteiger partial charge is 0.508 e. The van der Waals surface area contributed by atoms with Gasteiger partial charge >= 0.3 is 11.9 Å². The molecule has 1 aromatic carbocycles. The van der Waals surface area contributed by atoms with Crippen LogP contribution >= 0.6 is 0 Å². The van der Waals surface area contributed by atoms with E-state index in [9.17, 15) is 14.7 Å². The van der Waals surface area contributed by atoms with Gasteiger partial charge in [-0.25, -0.2) is 14.6 Å². The Labute approximate surface area is 160 Å². The Balaban J connectivity index is 2.65. The molecule has 0 atom stereocenters. The fourth-order valence-corrected chi connectivity index (χ4v) is 2.23. The summed E-state index contributed by atoms with van der Waals surface area (Å²) in [5.41, 5.74) is 0.254. The van der Waals surface area contributed by atoms with E-state index in [0.29, 0.717) is 5.56 Å². The fourth-order valence-electron chi connectivity index (χ4n) is 2.23. The number of phenols is 1. The molecule has 0 saturated carbocycles. The number of nitrogens with zero attached hydrogens (tertiary/aromatic N) is 3. The molecule has 0 aliphatic carbocycles. The third kappa shape index (κ3) is 4.82. The van der Waals surface area contributed by atoms with Gasteiger partial charge in [0.25, 0.3) is 0 Å². The summed E-state index contributed by atoms with van der Waals surface area (Å²) in [6.07, 6.45) is 2.40. The lowest BCUT2D eigenvalue weighted by Crippen LogP contribution is -2.17. The molecule has 2 aromatic rings. The van der Waals surface area contributed by atoms with Crippen LogP contribution in [0.1, 0.15) is 25.0 Å². The molecule has 0 aliphatic rings. The second-order valence-electron chi connectivity index (χ2n) is 5.28. The Hall–Kier alpha value is -3.93. The summed E-state index contributed by atoms with van der Waals surface area (Å²) in [7, 11) is 0. The molecule has 0 amide bonds. The molecule has 0 bridgehead atoms. The number of phenolic OH excluding ortho intramolecular Hbond substituents is 1. The van der Waals surface area contributed by atoms with Gasteiger partial charge in [-0.1, -0.05) is 12.1 Å². The number of aliphatic imine (C=N–C) groups is 1. The Morgan fingerprint density at radius 2 is 1.86 bits per heavy atom. The van der Waals surface area contributed by atoms with Crippen LogP contribution in [0.15, 0.2) is 41.0 Å². The Bertz CT molecular complexity index is 951. The van der Waals surface area contributed by atoms with Crippen molar-refractivity contribution in [3.05, 3.63) is 47.2 Å². The van der Waals surface area contributed by atoms with Crippen molar-refractivity contribution in [3.63, 3.8) is 0 Å². The lowest BCUT2D eigenvalue weighted by molar-refractivity contribution is -0.139. The smallest absolute Gasteiger partial charge is 0.340 e. The van der Waals surface area contributed by atoms with Crippen LogP contribution in [0.5, 0.6) is 5.75 Å². The number of benzene rings is 1. The van der Waals surface area contributed by atoms with Gasteiger partial charge in [-0.2, -0.15) is 10.4 Å². The van der Waals surface area contributed by atoms with E-state index in [4.69, 9.17) is 14.7 Å². The summed E-state index contributed by atoms with van der Waals surface area (Å²) in [4.78, 5) is 29.2. The molecule has 0 spiro atoms. The molecule has 0 unspecified atom stereocenters. The van der Waals surface area contributed by atoms with E-state index in [1.54, 1.807) is 13.8 Å². The number of H-pyrrole nitrogens is 1. The molecule has 0 radical (unpaired) electrons. The van der Waals surface area contributed by atoms with Crippen LogP contribution in [0.2, 0.25) is 0 Å². The minimum absolute atomic E-state index is 0.00515. The zero-order chi connectivity index (χ0) is 20.5. The van der Waals surface area contributed by atoms with E-state index >= 15 is 0 Å². The monoisotopic (exact) mass is 382 g/mol. The van der Waals surface area contributed by atoms with Crippen molar-refractivity contribution in [2.45, 2.75) is 13.8 Å². The molecular formula is C19H18N4O5. The first-order chi connectivity index (χ1) is 13.5. The van der Waals surface area contributed by atoms with Gasteiger partial charge in [-0.3, -0.25) is 5.10 Å². The minimum atomic E-state index is -0.791. The Kier molecular flexibility index (Phi) is 7.05. The molecule has 0 fully saturated rings. The van der Waals surface area contributed by atoms with Crippen molar-refractivity contribution >= 4 is 29.5 Å². The van der Waals surface area contributed by atoms with Crippen LogP contribution in [-0.2, 0) is 19.1 Å². The SMILES string of the molecule is CCOC(=O)C(/C=N/c1[nH]ncc1C#N)=C(/C(=O)OCC)c1ccc(O)cc1. The molecule has 9 nitrogen and oxygen atoms in total. The summed E-state index contributed by atoms with van der Waals surface area (Å²) in [6, 6.07) is 7.58. The number of nitriles is 1.